The first kappa shape index (κ1) is 24.1. The molecule has 0 bridgehead atoms. The molecule has 1 fully saturated rings. The number of hydrogen-bond acceptors (Lipinski definition) is 6. The molecule has 3 amide bonds. The van der Waals surface area contributed by atoms with Gasteiger partial charge in [0.1, 0.15) is 5.75 Å². The van der Waals surface area contributed by atoms with Crippen LogP contribution >= 0.6 is 11.8 Å². The topological polar surface area (TPSA) is 98.1 Å². The average Bonchev–Trinajstić information content (AvgIpc) is 3.15. The molecular weight excluding hydrogens is 426 g/mol. The smallest absolute Gasteiger partial charge is 0.321 e. The van der Waals surface area contributed by atoms with Gasteiger partial charge in [0.2, 0.25) is 5.91 Å². The fourth-order valence-corrected chi connectivity index (χ4v) is 4.65. The Balaban J connectivity index is 1.61. The van der Waals surface area contributed by atoms with Crippen molar-refractivity contribution in [3.8, 4) is 17.1 Å². The number of carbonyl (C=O) groups is 2. The van der Waals surface area contributed by atoms with Gasteiger partial charge in [-0.05, 0) is 48.9 Å². The molecule has 2 N–H and O–H groups in total. The number of thioether (sulfide) groups is 1. The van der Waals surface area contributed by atoms with Crippen molar-refractivity contribution < 1.29 is 14.3 Å². The molecular formula is C23H33N5O3S. The van der Waals surface area contributed by atoms with E-state index in [4.69, 9.17) is 4.74 Å². The summed E-state index contributed by atoms with van der Waals surface area (Å²) >= 11 is 1.28. The number of nitrogens with zero attached hydrogens (tertiary/aromatic N) is 3. The predicted octanol–water partition coefficient (Wildman–Crippen LogP) is 4.11. The van der Waals surface area contributed by atoms with E-state index >= 15 is 0 Å². The van der Waals surface area contributed by atoms with Gasteiger partial charge in [0, 0.05) is 18.2 Å². The number of methoxy groups -OCH3 is 1. The minimum Gasteiger partial charge on any atom is -0.497 e. The standard InChI is InChI=1S/C23H33N5O3S/c1-15(2)13-28-21(17-9-11-18(31-4)12-10-17)26-27-23(28)32-14-20(29)25-22(30)24-19-8-6-5-7-16(19)3/h9-12,15-16,19H,5-8,13-14H2,1-4H3,(H2,24,25,29,30)/t16-,19-/m0/s1. The molecule has 8 nitrogen and oxygen atoms in total. The zero-order valence-electron chi connectivity index (χ0n) is 19.3. The van der Waals surface area contributed by atoms with Crippen LogP contribution in [0.1, 0.15) is 46.5 Å². The Kier molecular flexibility index (Phi) is 8.55. The van der Waals surface area contributed by atoms with Gasteiger partial charge in [-0.25, -0.2) is 4.79 Å². The third-order valence-electron chi connectivity index (χ3n) is 5.63. The Morgan fingerprint density at radius 1 is 1.19 bits per heavy atom. The number of carbonyl (C=O) groups excluding carboxylic acids is 2. The minimum atomic E-state index is -0.420. The van der Waals surface area contributed by atoms with Gasteiger partial charge in [0.25, 0.3) is 0 Å². The monoisotopic (exact) mass is 459 g/mol. The van der Waals surface area contributed by atoms with Crippen LogP contribution in [0, 0.1) is 11.8 Å². The van der Waals surface area contributed by atoms with Gasteiger partial charge in [-0.3, -0.25) is 10.1 Å². The van der Waals surface area contributed by atoms with Gasteiger partial charge in [-0.2, -0.15) is 0 Å². The van der Waals surface area contributed by atoms with Crippen molar-refractivity contribution in [2.75, 3.05) is 12.9 Å². The first-order chi connectivity index (χ1) is 15.4. The van der Waals surface area contributed by atoms with Crippen LogP contribution in [0.2, 0.25) is 0 Å². The summed E-state index contributed by atoms with van der Waals surface area (Å²) in [6, 6.07) is 7.36. The first-order valence-electron chi connectivity index (χ1n) is 11.2. The van der Waals surface area contributed by atoms with Crippen LogP contribution in [0.25, 0.3) is 11.4 Å². The van der Waals surface area contributed by atoms with E-state index in [0.29, 0.717) is 17.0 Å². The van der Waals surface area contributed by atoms with E-state index in [1.54, 1.807) is 7.11 Å². The van der Waals surface area contributed by atoms with E-state index in [0.717, 1.165) is 42.9 Å². The normalized spacial score (nSPS) is 18.4. The van der Waals surface area contributed by atoms with E-state index < -0.39 is 6.03 Å². The largest absolute Gasteiger partial charge is 0.497 e. The number of urea groups is 1. The predicted molar refractivity (Wildman–Crippen MR) is 126 cm³/mol. The number of ether oxygens (including phenoxy) is 1. The third kappa shape index (κ3) is 6.48. The van der Waals surface area contributed by atoms with Gasteiger partial charge in [0.05, 0.1) is 12.9 Å². The van der Waals surface area contributed by atoms with Crippen molar-refractivity contribution in [1.82, 2.24) is 25.4 Å². The van der Waals surface area contributed by atoms with Crippen LogP contribution in [0.4, 0.5) is 4.79 Å². The van der Waals surface area contributed by atoms with E-state index in [2.05, 4.69) is 41.6 Å². The highest BCUT2D eigenvalue weighted by atomic mass is 32.2. The molecule has 1 aliphatic carbocycles. The maximum absolute atomic E-state index is 12.4. The van der Waals surface area contributed by atoms with E-state index in [-0.39, 0.29) is 17.7 Å². The summed E-state index contributed by atoms with van der Waals surface area (Å²) < 4.78 is 7.25. The average molecular weight is 460 g/mol. The molecule has 0 radical (unpaired) electrons. The fraction of sp³-hybridized carbons (Fsp3) is 0.565. The van der Waals surface area contributed by atoms with Gasteiger partial charge < -0.3 is 14.6 Å². The molecule has 0 saturated heterocycles. The lowest BCUT2D eigenvalue weighted by Gasteiger charge is -2.29. The van der Waals surface area contributed by atoms with Crippen molar-refractivity contribution in [3.05, 3.63) is 24.3 Å². The summed E-state index contributed by atoms with van der Waals surface area (Å²) in [6.07, 6.45) is 4.38. The van der Waals surface area contributed by atoms with E-state index in [9.17, 15) is 9.59 Å². The van der Waals surface area contributed by atoms with Crippen molar-refractivity contribution in [2.45, 2.75) is 64.2 Å². The van der Waals surface area contributed by atoms with Gasteiger partial charge in [-0.15, -0.1) is 10.2 Å². The number of hydrogen-bond donors (Lipinski definition) is 2. The first-order valence-corrected chi connectivity index (χ1v) is 12.2. The quantitative estimate of drug-likeness (QED) is 0.577. The van der Waals surface area contributed by atoms with Crippen LogP contribution in [-0.2, 0) is 11.3 Å². The highest BCUT2D eigenvalue weighted by molar-refractivity contribution is 7.99. The molecule has 0 unspecified atom stereocenters. The second-order valence-electron chi connectivity index (χ2n) is 8.72. The lowest BCUT2D eigenvalue weighted by molar-refractivity contribution is -0.117. The van der Waals surface area contributed by atoms with E-state index in [1.165, 1.54) is 18.2 Å². The lowest BCUT2D eigenvalue weighted by atomic mass is 9.86. The molecule has 0 aliphatic heterocycles. The summed E-state index contributed by atoms with van der Waals surface area (Å²) in [7, 11) is 1.63. The second-order valence-corrected chi connectivity index (χ2v) is 9.66. The third-order valence-corrected chi connectivity index (χ3v) is 6.59. The van der Waals surface area contributed by atoms with Crippen LogP contribution in [0.5, 0.6) is 5.75 Å². The molecule has 0 spiro atoms. The Morgan fingerprint density at radius 2 is 1.91 bits per heavy atom. The number of amides is 3. The summed E-state index contributed by atoms with van der Waals surface area (Å²) in [4.78, 5) is 24.6. The van der Waals surface area contributed by atoms with Gasteiger partial charge in [0.15, 0.2) is 11.0 Å². The zero-order valence-corrected chi connectivity index (χ0v) is 20.1. The van der Waals surface area contributed by atoms with Crippen LogP contribution < -0.4 is 15.4 Å². The summed E-state index contributed by atoms with van der Waals surface area (Å²) in [6.45, 7) is 7.10. The Bertz CT molecular complexity index is 913. The second kappa shape index (κ2) is 11.4. The van der Waals surface area contributed by atoms with Gasteiger partial charge >= 0.3 is 6.03 Å². The number of aromatic nitrogens is 3. The Labute approximate surface area is 193 Å². The highest BCUT2D eigenvalue weighted by Gasteiger charge is 2.23. The van der Waals surface area contributed by atoms with Crippen molar-refractivity contribution in [3.63, 3.8) is 0 Å². The molecule has 174 valence electrons. The molecule has 1 aliphatic rings. The van der Waals surface area contributed by atoms with Crippen molar-refractivity contribution in [1.29, 1.82) is 0 Å². The van der Waals surface area contributed by atoms with Gasteiger partial charge in [-0.1, -0.05) is 45.4 Å². The summed E-state index contributed by atoms with van der Waals surface area (Å²) in [5.41, 5.74) is 0.927. The molecule has 32 heavy (non-hydrogen) atoms. The highest BCUT2D eigenvalue weighted by Crippen LogP contribution is 2.27. The maximum Gasteiger partial charge on any atom is 0.321 e. The van der Waals surface area contributed by atoms with Crippen LogP contribution in [0.15, 0.2) is 29.4 Å². The Morgan fingerprint density at radius 3 is 2.56 bits per heavy atom. The molecule has 2 atom stereocenters. The molecule has 1 aromatic carbocycles. The summed E-state index contributed by atoms with van der Waals surface area (Å²) in [5, 5.41) is 14.7. The molecule has 3 rings (SSSR count). The fourth-order valence-electron chi connectivity index (χ4n) is 3.91. The minimum absolute atomic E-state index is 0.0898. The number of rotatable bonds is 8. The maximum atomic E-state index is 12.4. The zero-order chi connectivity index (χ0) is 23.1. The van der Waals surface area contributed by atoms with Crippen LogP contribution in [0.3, 0.4) is 0 Å². The van der Waals surface area contributed by atoms with Crippen molar-refractivity contribution in [2.24, 2.45) is 11.8 Å². The summed E-state index contributed by atoms with van der Waals surface area (Å²) in [5.74, 6) is 2.07. The Hall–Kier alpha value is -2.55. The number of imide groups is 1. The lowest BCUT2D eigenvalue weighted by Crippen LogP contribution is -2.48. The number of nitrogens with one attached hydrogen (secondary N) is 2. The SMILES string of the molecule is COc1ccc(-c2nnc(SCC(=O)NC(=O)N[C@H]3CCCC[C@@H]3C)n2CC(C)C)cc1. The molecule has 2 aromatic rings. The molecule has 1 heterocycles. The molecule has 9 heteroatoms. The van der Waals surface area contributed by atoms with E-state index in [1.807, 2.05) is 28.8 Å². The molecule has 1 aromatic heterocycles. The molecule has 1 saturated carbocycles. The number of benzene rings is 1. The van der Waals surface area contributed by atoms with Crippen LogP contribution in [-0.4, -0.2) is 45.6 Å². The van der Waals surface area contributed by atoms with Crippen molar-refractivity contribution >= 4 is 23.7 Å².